The van der Waals surface area contributed by atoms with Gasteiger partial charge in [0.15, 0.2) is 0 Å². The van der Waals surface area contributed by atoms with Crippen LogP contribution in [-0.2, 0) is 9.59 Å². The van der Waals surface area contributed by atoms with Gasteiger partial charge in [0, 0.05) is 29.2 Å². The number of hydrogen-bond donors (Lipinski definition) is 3. The summed E-state index contributed by atoms with van der Waals surface area (Å²) >= 11 is 0. The van der Waals surface area contributed by atoms with Crippen molar-refractivity contribution in [3.8, 4) is 11.4 Å². The van der Waals surface area contributed by atoms with E-state index < -0.39 is 0 Å². The summed E-state index contributed by atoms with van der Waals surface area (Å²) < 4.78 is 12.9. The summed E-state index contributed by atoms with van der Waals surface area (Å²) in [6.45, 7) is -0.299. The second-order valence-electron chi connectivity index (χ2n) is 11.2. The van der Waals surface area contributed by atoms with Crippen molar-refractivity contribution >= 4 is 34.4 Å². The van der Waals surface area contributed by atoms with Gasteiger partial charge in [-0.25, -0.2) is 9.97 Å². The van der Waals surface area contributed by atoms with Crippen molar-refractivity contribution in [2.45, 2.75) is 57.8 Å². The number of aromatic amines is 1. The highest BCUT2D eigenvalue weighted by Crippen LogP contribution is 2.47. The maximum absolute atomic E-state index is 12.9. The van der Waals surface area contributed by atoms with Crippen LogP contribution < -0.4 is 10.6 Å². The number of amides is 2. The number of benzene rings is 1. The SMILES string of the molecule is O=C(Nc1ccc(-c2nc3cc(NC(=O)C4CCC(CF)CC4)ncc3[nH]2)cc1)C1CCC2CCC2C1. The Morgan fingerprint density at radius 3 is 2.30 bits per heavy atom. The summed E-state index contributed by atoms with van der Waals surface area (Å²) in [6, 6.07) is 9.49. The number of fused-ring (bicyclic) bond motifs is 2. The van der Waals surface area contributed by atoms with Gasteiger partial charge in [0.25, 0.3) is 0 Å². The molecule has 3 unspecified atom stereocenters. The van der Waals surface area contributed by atoms with Gasteiger partial charge in [-0.15, -0.1) is 0 Å². The van der Waals surface area contributed by atoms with Crippen LogP contribution in [0, 0.1) is 29.6 Å². The summed E-state index contributed by atoms with van der Waals surface area (Å²) in [7, 11) is 0. The van der Waals surface area contributed by atoms with Gasteiger partial charge in [-0.1, -0.05) is 0 Å². The fourth-order valence-electron chi connectivity index (χ4n) is 6.34. The molecule has 3 N–H and O–H groups in total. The first kappa shape index (κ1) is 24.1. The number of nitrogens with one attached hydrogen (secondary N) is 3. The average molecular weight is 504 g/mol. The van der Waals surface area contributed by atoms with Gasteiger partial charge in [-0.05, 0) is 99.8 Å². The van der Waals surface area contributed by atoms with Crippen LogP contribution in [0.4, 0.5) is 15.9 Å². The maximum atomic E-state index is 12.9. The van der Waals surface area contributed by atoms with Gasteiger partial charge < -0.3 is 15.6 Å². The lowest BCUT2D eigenvalue weighted by Crippen LogP contribution is -2.37. The third-order valence-electron chi connectivity index (χ3n) is 8.90. The molecular weight excluding hydrogens is 469 g/mol. The van der Waals surface area contributed by atoms with Crippen LogP contribution in [0.5, 0.6) is 0 Å². The number of imidazole rings is 1. The number of halogens is 1. The van der Waals surface area contributed by atoms with E-state index in [4.69, 9.17) is 4.98 Å². The van der Waals surface area contributed by atoms with Crippen molar-refractivity contribution < 1.29 is 14.0 Å². The zero-order chi connectivity index (χ0) is 25.4. The smallest absolute Gasteiger partial charge is 0.228 e. The maximum Gasteiger partial charge on any atom is 0.228 e. The predicted octanol–water partition coefficient (Wildman–Crippen LogP) is 6.10. The summed E-state index contributed by atoms with van der Waals surface area (Å²) in [5, 5.41) is 6.01. The molecule has 0 bridgehead atoms. The Kier molecular flexibility index (Phi) is 6.65. The first-order valence-corrected chi connectivity index (χ1v) is 13.7. The molecule has 0 saturated heterocycles. The van der Waals surface area contributed by atoms with Crippen molar-refractivity contribution in [1.82, 2.24) is 15.0 Å². The van der Waals surface area contributed by atoms with Crippen LogP contribution in [0.3, 0.4) is 0 Å². The molecule has 7 nitrogen and oxygen atoms in total. The molecular formula is C29H34FN5O2. The Morgan fingerprint density at radius 1 is 0.892 bits per heavy atom. The van der Waals surface area contributed by atoms with Crippen LogP contribution in [0.2, 0.25) is 0 Å². The van der Waals surface area contributed by atoms with Crippen molar-refractivity contribution in [1.29, 1.82) is 0 Å². The molecule has 3 aliphatic carbocycles. The molecule has 0 aliphatic heterocycles. The molecule has 194 valence electrons. The Morgan fingerprint density at radius 2 is 1.59 bits per heavy atom. The largest absolute Gasteiger partial charge is 0.337 e. The van der Waals surface area contributed by atoms with E-state index in [1.807, 2.05) is 24.3 Å². The molecule has 2 aromatic heterocycles. The molecule has 3 aliphatic rings. The summed E-state index contributed by atoms with van der Waals surface area (Å²) in [5.41, 5.74) is 3.19. The highest BCUT2D eigenvalue weighted by molar-refractivity contribution is 5.94. The first-order chi connectivity index (χ1) is 18.1. The number of carbonyl (C=O) groups excluding carboxylic acids is 2. The topological polar surface area (TPSA) is 99.8 Å². The van der Waals surface area contributed by atoms with E-state index in [0.29, 0.717) is 30.0 Å². The van der Waals surface area contributed by atoms with Crippen molar-refractivity contribution in [2.24, 2.45) is 29.6 Å². The fraction of sp³-hybridized carbons (Fsp3) is 0.517. The lowest BCUT2D eigenvalue weighted by atomic mass is 9.62. The van der Waals surface area contributed by atoms with Gasteiger partial charge in [-0.3, -0.25) is 14.0 Å². The number of anilines is 2. The lowest BCUT2D eigenvalue weighted by Gasteiger charge is -2.43. The van der Waals surface area contributed by atoms with Crippen LogP contribution in [0.1, 0.15) is 57.8 Å². The second kappa shape index (κ2) is 10.2. The number of alkyl halides is 1. The molecule has 8 heteroatoms. The van der Waals surface area contributed by atoms with Gasteiger partial charge in [0.2, 0.25) is 11.8 Å². The summed E-state index contributed by atoms with van der Waals surface area (Å²) in [4.78, 5) is 37.8. The number of carbonyl (C=O) groups is 2. The number of hydrogen-bond acceptors (Lipinski definition) is 4. The number of pyridine rings is 1. The third-order valence-corrected chi connectivity index (χ3v) is 8.90. The normalized spacial score (nSPS) is 27.2. The van der Waals surface area contributed by atoms with E-state index in [1.54, 1.807) is 12.3 Å². The van der Waals surface area contributed by atoms with E-state index in [1.165, 1.54) is 19.3 Å². The average Bonchev–Trinajstić information content (AvgIpc) is 3.33. The van der Waals surface area contributed by atoms with E-state index in [2.05, 4.69) is 20.6 Å². The van der Waals surface area contributed by atoms with E-state index >= 15 is 0 Å². The zero-order valence-electron chi connectivity index (χ0n) is 21.0. The molecule has 0 radical (unpaired) electrons. The standard InChI is InChI=1S/C29H34FN5O2/c30-15-17-1-3-20(4-2-17)28(36)35-26-14-24-25(16-31-26)34-27(33-24)19-9-11-23(12-10-19)32-29(37)22-8-6-18-5-7-21(18)13-22/h9-12,14,16-18,20-22H,1-8,13,15H2,(H,32,37)(H,33,34)(H,31,35,36). The molecule has 3 fully saturated rings. The summed E-state index contributed by atoms with van der Waals surface area (Å²) in [5.74, 6) is 3.00. The van der Waals surface area contributed by atoms with Gasteiger partial charge >= 0.3 is 0 Å². The molecule has 37 heavy (non-hydrogen) atoms. The van der Waals surface area contributed by atoms with Crippen LogP contribution in [-0.4, -0.2) is 33.4 Å². The first-order valence-electron chi connectivity index (χ1n) is 13.7. The van der Waals surface area contributed by atoms with Crippen LogP contribution >= 0.6 is 0 Å². The molecule has 0 spiro atoms. The van der Waals surface area contributed by atoms with Crippen molar-refractivity contribution in [3.05, 3.63) is 36.5 Å². The van der Waals surface area contributed by atoms with Crippen LogP contribution in [0.15, 0.2) is 36.5 Å². The Balaban J connectivity index is 1.08. The Bertz CT molecular complexity index is 1280. The summed E-state index contributed by atoms with van der Waals surface area (Å²) in [6.07, 6.45) is 10.5. The minimum absolute atomic E-state index is 0.0571. The Hall–Kier alpha value is -3.29. The number of H-pyrrole nitrogens is 1. The molecule has 3 aromatic rings. The second-order valence-corrected chi connectivity index (χ2v) is 11.2. The van der Waals surface area contributed by atoms with Crippen LogP contribution in [0.25, 0.3) is 22.4 Å². The molecule has 3 atom stereocenters. The van der Waals surface area contributed by atoms with E-state index in [9.17, 15) is 14.0 Å². The number of nitrogens with zero attached hydrogens (tertiary/aromatic N) is 2. The molecule has 1 aromatic carbocycles. The zero-order valence-corrected chi connectivity index (χ0v) is 21.0. The quantitative estimate of drug-likeness (QED) is 0.378. The van der Waals surface area contributed by atoms with Gasteiger partial charge in [-0.2, -0.15) is 0 Å². The lowest BCUT2D eigenvalue weighted by molar-refractivity contribution is -0.123. The highest BCUT2D eigenvalue weighted by Gasteiger charge is 2.38. The van der Waals surface area contributed by atoms with E-state index in [-0.39, 0.29) is 36.2 Å². The molecule has 3 saturated carbocycles. The number of rotatable bonds is 6. The highest BCUT2D eigenvalue weighted by atomic mass is 19.1. The predicted molar refractivity (Wildman–Crippen MR) is 142 cm³/mol. The van der Waals surface area contributed by atoms with E-state index in [0.717, 1.165) is 54.3 Å². The van der Waals surface area contributed by atoms with Crippen molar-refractivity contribution in [2.75, 3.05) is 17.3 Å². The molecule has 2 heterocycles. The Labute approximate surface area is 216 Å². The van der Waals surface area contributed by atoms with Gasteiger partial charge in [0.05, 0.1) is 23.9 Å². The minimum atomic E-state index is -0.299. The monoisotopic (exact) mass is 503 g/mol. The molecule has 2 amide bonds. The minimum Gasteiger partial charge on any atom is -0.337 e. The molecule has 6 rings (SSSR count). The fourth-order valence-corrected chi connectivity index (χ4v) is 6.34. The number of aromatic nitrogens is 3. The third kappa shape index (κ3) is 5.11. The van der Waals surface area contributed by atoms with Crippen molar-refractivity contribution in [3.63, 3.8) is 0 Å². The van der Waals surface area contributed by atoms with Gasteiger partial charge in [0.1, 0.15) is 11.6 Å².